The van der Waals surface area contributed by atoms with Crippen molar-refractivity contribution in [1.29, 1.82) is 0 Å². The van der Waals surface area contributed by atoms with Gasteiger partial charge in [0.2, 0.25) is 5.91 Å². The minimum atomic E-state index is -0.352. The molecule has 1 N–H and O–H groups in total. The summed E-state index contributed by atoms with van der Waals surface area (Å²) in [5.74, 6) is -0.547. The van der Waals surface area contributed by atoms with Gasteiger partial charge in [0.05, 0.1) is 19.3 Å². The lowest BCUT2D eigenvalue weighted by Crippen LogP contribution is -2.32. The third-order valence-electron chi connectivity index (χ3n) is 3.31. The van der Waals surface area contributed by atoms with Crippen molar-refractivity contribution in [3.63, 3.8) is 0 Å². The molecule has 0 saturated heterocycles. The number of hydrogen-bond acceptors (Lipinski definition) is 3. The highest BCUT2D eigenvalue weighted by atomic mass is 19.1. The summed E-state index contributed by atoms with van der Waals surface area (Å²) in [6.45, 7) is 0.748. The molecule has 23 heavy (non-hydrogen) atoms. The maximum atomic E-state index is 13.1. The van der Waals surface area contributed by atoms with Crippen molar-refractivity contribution in [2.45, 2.75) is 6.04 Å². The average Bonchev–Trinajstić information content (AvgIpc) is 2.58. The number of carbonyl (C=O) groups is 1. The molecular formula is C18H20FNO3. The molecule has 0 aliphatic heterocycles. The van der Waals surface area contributed by atoms with Crippen molar-refractivity contribution >= 4 is 5.91 Å². The van der Waals surface area contributed by atoms with Gasteiger partial charge < -0.3 is 14.8 Å². The molecule has 122 valence electrons. The lowest BCUT2D eigenvalue weighted by Gasteiger charge is -2.20. The van der Waals surface area contributed by atoms with Gasteiger partial charge in [-0.2, -0.15) is 0 Å². The molecule has 2 aromatic rings. The summed E-state index contributed by atoms with van der Waals surface area (Å²) in [7, 11) is 1.57. The van der Waals surface area contributed by atoms with E-state index >= 15 is 0 Å². The Labute approximate surface area is 135 Å². The minimum absolute atomic E-state index is 0.0477. The van der Waals surface area contributed by atoms with E-state index in [4.69, 9.17) is 9.47 Å². The molecule has 0 bridgehead atoms. The number of hydrogen-bond donors (Lipinski definition) is 1. The highest BCUT2D eigenvalue weighted by molar-refractivity contribution is 5.78. The highest BCUT2D eigenvalue weighted by Crippen LogP contribution is 2.22. The Kier molecular flexibility index (Phi) is 6.72. The average molecular weight is 317 g/mol. The molecule has 2 aromatic carbocycles. The number of benzene rings is 2. The van der Waals surface area contributed by atoms with Gasteiger partial charge >= 0.3 is 0 Å². The zero-order chi connectivity index (χ0) is 16.5. The van der Waals surface area contributed by atoms with Crippen LogP contribution in [0, 0.1) is 5.82 Å². The normalized spacial score (nSPS) is 11.9. The second kappa shape index (κ2) is 9.02. The molecule has 4 nitrogen and oxygen atoms in total. The number of amides is 1. The van der Waals surface area contributed by atoms with Crippen molar-refractivity contribution in [2.24, 2.45) is 0 Å². The standard InChI is InChI=1S/C18H20FNO3/c1-22-11-12-23-13-17(21)20-18(14-5-3-2-4-6-14)15-7-9-16(19)10-8-15/h2-10,18H,11-13H2,1H3,(H,20,21)/t18-/m0/s1. The molecule has 0 unspecified atom stereocenters. The van der Waals surface area contributed by atoms with E-state index in [1.807, 2.05) is 30.3 Å². The minimum Gasteiger partial charge on any atom is -0.382 e. The monoisotopic (exact) mass is 317 g/mol. The summed E-state index contributed by atoms with van der Waals surface area (Å²) < 4.78 is 23.2. The molecule has 2 rings (SSSR count). The van der Waals surface area contributed by atoms with Gasteiger partial charge in [0.15, 0.2) is 0 Å². The van der Waals surface area contributed by atoms with Crippen LogP contribution in [0.1, 0.15) is 17.2 Å². The van der Waals surface area contributed by atoms with E-state index in [0.29, 0.717) is 13.2 Å². The van der Waals surface area contributed by atoms with Crippen LogP contribution in [0.4, 0.5) is 4.39 Å². The third-order valence-corrected chi connectivity index (χ3v) is 3.31. The summed E-state index contributed by atoms with van der Waals surface area (Å²) in [6.07, 6.45) is 0. The number of rotatable bonds is 8. The van der Waals surface area contributed by atoms with Crippen molar-refractivity contribution in [3.8, 4) is 0 Å². The van der Waals surface area contributed by atoms with Crippen LogP contribution >= 0.6 is 0 Å². The summed E-state index contributed by atoms with van der Waals surface area (Å²) in [6, 6.07) is 15.3. The van der Waals surface area contributed by atoms with Crippen molar-refractivity contribution in [1.82, 2.24) is 5.32 Å². The quantitative estimate of drug-likeness (QED) is 0.762. The smallest absolute Gasteiger partial charge is 0.246 e. The number of halogens is 1. The van der Waals surface area contributed by atoms with Gasteiger partial charge in [0.25, 0.3) is 0 Å². The lowest BCUT2D eigenvalue weighted by molar-refractivity contribution is -0.126. The van der Waals surface area contributed by atoms with Gasteiger partial charge in [-0.3, -0.25) is 4.79 Å². The Bertz CT molecular complexity index is 601. The van der Waals surface area contributed by atoms with E-state index < -0.39 is 0 Å². The van der Waals surface area contributed by atoms with E-state index in [-0.39, 0.29) is 24.4 Å². The predicted octanol–water partition coefficient (Wildman–Crippen LogP) is 2.69. The lowest BCUT2D eigenvalue weighted by atomic mass is 9.98. The number of methoxy groups -OCH3 is 1. The maximum Gasteiger partial charge on any atom is 0.246 e. The van der Waals surface area contributed by atoms with E-state index in [1.54, 1.807) is 19.2 Å². The fourth-order valence-corrected chi connectivity index (χ4v) is 2.17. The van der Waals surface area contributed by atoms with Crippen molar-refractivity contribution in [3.05, 3.63) is 71.5 Å². The van der Waals surface area contributed by atoms with Gasteiger partial charge in [-0.05, 0) is 23.3 Å². The molecule has 0 aliphatic rings. The maximum absolute atomic E-state index is 13.1. The molecule has 0 saturated carbocycles. The van der Waals surface area contributed by atoms with Gasteiger partial charge in [-0.1, -0.05) is 42.5 Å². The van der Waals surface area contributed by atoms with Crippen LogP contribution in [-0.4, -0.2) is 32.8 Å². The number of nitrogens with one attached hydrogen (secondary N) is 1. The van der Waals surface area contributed by atoms with Crippen LogP contribution in [0.5, 0.6) is 0 Å². The Hall–Kier alpha value is -2.24. The van der Waals surface area contributed by atoms with Gasteiger partial charge in [-0.25, -0.2) is 4.39 Å². The zero-order valence-corrected chi connectivity index (χ0v) is 13.0. The zero-order valence-electron chi connectivity index (χ0n) is 13.0. The Morgan fingerprint density at radius 2 is 1.70 bits per heavy atom. The Balaban J connectivity index is 2.08. The molecule has 0 aromatic heterocycles. The van der Waals surface area contributed by atoms with Crippen LogP contribution in [0.2, 0.25) is 0 Å². The molecule has 0 fully saturated rings. The van der Waals surface area contributed by atoms with Crippen LogP contribution < -0.4 is 5.32 Å². The second-order valence-corrected chi connectivity index (χ2v) is 5.01. The fourth-order valence-electron chi connectivity index (χ4n) is 2.17. The van der Waals surface area contributed by atoms with E-state index in [1.165, 1.54) is 12.1 Å². The fraction of sp³-hybridized carbons (Fsp3) is 0.278. The van der Waals surface area contributed by atoms with E-state index in [0.717, 1.165) is 11.1 Å². The molecule has 1 atom stereocenters. The molecule has 1 amide bonds. The first-order chi connectivity index (χ1) is 11.2. The van der Waals surface area contributed by atoms with Crippen molar-refractivity contribution < 1.29 is 18.7 Å². The molecule has 5 heteroatoms. The molecular weight excluding hydrogens is 297 g/mol. The van der Waals surface area contributed by atoms with E-state index in [9.17, 15) is 9.18 Å². The Morgan fingerprint density at radius 3 is 2.35 bits per heavy atom. The second-order valence-electron chi connectivity index (χ2n) is 5.01. The highest BCUT2D eigenvalue weighted by Gasteiger charge is 2.16. The van der Waals surface area contributed by atoms with Crippen LogP contribution in [0.15, 0.2) is 54.6 Å². The predicted molar refractivity (Wildman–Crippen MR) is 85.5 cm³/mol. The Morgan fingerprint density at radius 1 is 1.04 bits per heavy atom. The molecule has 0 radical (unpaired) electrons. The summed E-state index contributed by atoms with van der Waals surface area (Å²) >= 11 is 0. The summed E-state index contributed by atoms with van der Waals surface area (Å²) in [4.78, 5) is 12.1. The number of carbonyl (C=O) groups excluding carboxylic acids is 1. The first kappa shape index (κ1) is 17.1. The van der Waals surface area contributed by atoms with Gasteiger partial charge in [-0.15, -0.1) is 0 Å². The largest absolute Gasteiger partial charge is 0.382 e. The first-order valence-electron chi connectivity index (χ1n) is 7.37. The van der Waals surface area contributed by atoms with Gasteiger partial charge in [0, 0.05) is 7.11 Å². The van der Waals surface area contributed by atoms with Crippen LogP contribution in [0.3, 0.4) is 0 Å². The van der Waals surface area contributed by atoms with Crippen molar-refractivity contribution in [2.75, 3.05) is 26.9 Å². The molecule has 0 heterocycles. The molecule has 0 spiro atoms. The first-order valence-corrected chi connectivity index (χ1v) is 7.37. The molecule has 0 aliphatic carbocycles. The van der Waals surface area contributed by atoms with E-state index in [2.05, 4.69) is 5.32 Å². The summed E-state index contributed by atoms with van der Waals surface area (Å²) in [5, 5.41) is 2.92. The number of ether oxygens (including phenoxy) is 2. The third kappa shape index (κ3) is 5.47. The van der Waals surface area contributed by atoms with Crippen LogP contribution in [-0.2, 0) is 14.3 Å². The topological polar surface area (TPSA) is 47.6 Å². The van der Waals surface area contributed by atoms with Crippen LogP contribution in [0.25, 0.3) is 0 Å². The SMILES string of the molecule is COCCOCC(=O)N[C@@H](c1ccccc1)c1ccc(F)cc1. The van der Waals surface area contributed by atoms with Gasteiger partial charge in [0.1, 0.15) is 12.4 Å². The summed E-state index contributed by atoms with van der Waals surface area (Å²) in [5.41, 5.74) is 1.73.